The number of nitrogens with one attached hydrogen (secondary N) is 3. The van der Waals surface area contributed by atoms with E-state index in [2.05, 4.69) is 46.2 Å². The highest BCUT2D eigenvalue weighted by Gasteiger charge is 2.18. The van der Waals surface area contributed by atoms with Crippen LogP contribution in [0.3, 0.4) is 0 Å². The summed E-state index contributed by atoms with van der Waals surface area (Å²) in [6, 6.07) is 8.44. The molecule has 0 aliphatic rings. The van der Waals surface area contributed by atoms with Gasteiger partial charge in [-0.3, -0.25) is 4.98 Å². The van der Waals surface area contributed by atoms with Crippen LogP contribution < -0.4 is 15.4 Å². The molecule has 0 radical (unpaired) electrons. The van der Waals surface area contributed by atoms with Gasteiger partial charge in [0.2, 0.25) is 16.0 Å². The Morgan fingerprint density at radius 3 is 2.72 bits per heavy atom. The summed E-state index contributed by atoms with van der Waals surface area (Å²) in [5, 5.41) is 15.6. The van der Waals surface area contributed by atoms with E-state index in [4.69, 9.17) is 0 Å². The minimum Gasteiger partial charge on any atom is -0.394 e. The van der Waals surface area contributed by atoms with Crippen LogP contribution >= 0.6 is 15.9 Å². The number of rotatable bonds is 10. The molecular weight excluding hydrogens is 496 g/mol. The minimum atomic E-state index is -3.75. The summed E-state index contributed by atoms with van der Waals surface area (Å²) < 4.78 is 29.0. The van der Waals surface area contributed by atoms with Gasteiger partial charge in [0.05, 0.1) is 22.0 Å². The van der Waals surface area contributed by atoms with E-state index in [-0.39, 0.29) is 24.1 Å². The average molecular weight is 521 g/mol. The second-order valence-electron chi connectivity index (χ2n) is 7.11. The first kappa shape index (κ1) is 24.1. The van der Waals surface area contributed by atoms with Crippen molar-refractivity contribution < 1.29 is 13.5 Å². The normalized spacial score (nSPS) is 12.4. The van der Waals surface area contributed by atoms with Crippen LogP contribution in [0.25, 0.3) is 0 Å². The number of nitrogens with zero attached hydrogens (tertiary/aromatic N) is 3. The van der Waals surface area contributed by atoms with E-state index in [1.807, 2.05) is 6.92 Å². The standard InChI is InChI=1S/C21H25BrN6O3S/c1-3-16(13-29)26-20-18(22)12-24-21(28-20)27-17-7-6-14(2)19(9-17)32(30,31)25-11-15-5-4-8-23-10-15/h4-10,12,16,25,29H,3,11,13H2,1-2H3,(H2,24,26,27,28)/t16-/m1/s1. The maximum Gasteiger partial charge on any atom is 0.241 e. The number of anilines is 3. The summed E-state index contributed by atoms with van der Waals surface area (Å²) in [7, 11) is -3.75. The molecule has 170 valence electrons. The van der Waals surface area contributed by atoms with Crippen molar-refractivity contribution in [1.82, 2.24) is 19.7 Å². The fraction of sp³-hybridized carbons (Fsp3) is 0.286. The zero-order valence-corrected chi connectivity index (χ0v) is 20.1. The highest BCUT2D eigenvalue weighted by molar-refractivity contribution is 9.10. The van der Waals surface area contributed by atoms with Crippen LogP contribution in [0.2, 0.25) is 0 Å². The van der Waals surface area contributed by atoms with Crippen LogP contribution in [0.1, 0.15) is 24.5 Å². The molecule has 0 unspecified atom stereocenters. The van der Waals surface area contributed by atoms with Crippen molar-refractivity contribution in [3.63, 3.8) is 0 Å². The summed E-state index contributed by atoms with van der Waals surface area (Å²) in [6.45, 7) is 3.81. The molecule has 32 heavy (non-hydrogen) atoms. The molecule has 4 N–H and O–H groups in total. The lowest BCUT2D eigenvalue weighted by Crippen LogP contribution is -2.24. The second kappa shape index (κ2) is 10.8. The fourth-order valence-corrected chi connectivity index (χ4v) is 4.45. The number of hydrogen-bond acceptors (Lipinski definition) is 8. The van der Waals surface area contributed by atoms with Gasteiger partial charge in [0, 0.05) is 30.8 Å². The molecule has 9 nitrogen and oxygen atoms in total. The second-order valence-corrected chi connectivity index (χ2v) is 9.70. The third-order valence-corrected chi connectivity index (χ3v) is 6.84. The van der Waals surface area contributed by atoms with E-state index in [1.54, 1.807) is 55.8 Å². The topological polar surface area (TPSA) is 129 Å². The monoisotopic (exact) mass is 520 g/mol. The van der Waals surface area contributed by atoms with Crippen molar-refractivity contribution >= 4 is 43.4 Å². The first-order chi connectivity index (χ1) is 15.3. The molecule has 3 rings (SSSR count). The van der Waals surface area contributed by atoms with Gasteiger partial charge in [0.15, 0.2) is 0 Å². The van der Waals surface area contributed by atoms with Gasteiger partial charge in [0.1, 0.15) is 5.82 Å². The van der Waals surface area contributed by atoms with Crippen LogP contribution in [-0.2, 0) is 16.6 Å². The highest BCUT2D eigenvalue weighted by atomic mass is 79.9. The highest BCUT2D eigenvalue weighted by Crippen LogP contribution is 2.25. The lowest BCUT2D eigenvalue weighted by atomic mass is 10.2. The number of aryl methyl sites for hydroxylation is 1. The Morgan fingerprint density at radius 1 is 1.22 bits per heavy atom. The molecule has 0 fully saturated rings. The maximum atomic E-state index is 12.9. The van der Waals surface area contributed by atoms with Gasteiger partial charge in [-0.2, -0.15) is 4.98 Å². The van der Waals surface area contributed by atoms with Gasteiger partial charge in [-0.15, -0.1) is 0 Å². The first-order valence-corrected chi connectivity index (χ1v) is 12.3. The number of sulfonamides is 1. The summed E-state index contributed by atoms with van der Waals surface area (Å²) >= 11 is 3.40. The molecule has 0 amide bonds. The molecule has 2 aromatic heterocycles. The number of hydrogen-bond donors (Lipinski definition) is 4. The van der Waals surface area contributed by atoms with Gasteiger partial charge in [-0.1, -0.05) is 19.1 Å². The molecule has 0 aliphatic carbocycles. The average Bonchev–Trinajstić information content (AvgIpc) is 2.80. The third kappa shape index (κ3) is 6.22. The molecule has 1 atom stereocenters. The lowest BCUT2D eigenvalue weighted by Gasteiger charge is -2.16. The summed E-state index contributed by atoms with van der Waals surface area (Å²) in [6.07, 6.45) is 5.56. The van der Waals surface area contributed by atoms with E-state index in [9.17, 15) is 13.5 Å². The Kier molecular flexibility index (Phi) is 8.13. The Hall–Kier alpha value is -2.60. The van der Waals surface area contributed by atoms with Gasteiger partial charge in [-0.05, 0) is 58.6 Å². The largest absolute Gasteiger partial charge is 0.394 e. The SMILES string of the molecule is CC[C@H](CO)Nc1nc(Nc2ccc(C)c(S(=O)(=O)NCc3cccnc3)c2)ncc1Br. The fourth-order valence-electron chi connectivity index (χ4n) is 2.85. The van der Waals surface area contributed by atoms with Crippen LogP contribution in [0.5, 0.6) is 0 Å². The summed E-state index contributed by atoms with van der Waals surface area (Å²) in [5.41, 5.74) is 1.90. The number of halogens is 1. The molecule has 11 heteroatoms. The minimum absolute atomic E-state index is 0.0269. The smallest absolute Gasteiger partial charge is 0.241 e. The number of aliphatic hydroxyl groups is 1. The summed E-state index contributed by atoms with van der Waals surface area (Å²) in [4.78, 5) is 12.8. The molecule has 0 aliphatic heterocycles. The third-order valence-electron chi connectivity index (χ3n) is 4.72. The zero-order chi connectivity index (χ0) is 23.1. The molecule has 3 aromatic rings. The Morgan fingerprint density at radius 2 is 2.03 bits per heavy atom. The van der Waals surface area contributed by atoms with E-state index in [0.717, 1.165) is 12.0 Å². The van der Waals surface area contributed by atoms with Gasteiger partial charge < -0.3 is 15.7 Å². The molecule has 2 heterocycles. The van der Waals surface area contributed by atoms with Crippen molar-refractivity contribution in [2.75, 3.05) is 17.2 Å². The van der Waals surface area contributed by atoms with E-state index >= 15 is 0 Å². The zero-order valence-electron chi connectivity index (χ0n) is 17.7. The molecule has 0 saturated heterocycles. The molecule has 0 bridgehead atoms. The van der Waals surface area contributed by atoms with Crippen LogP contribution in [0, 0.1) is 6.92 Å². The Balaban J connectivity index is 1.80. The maximum absolute atomic E-state index is 12.9. The van der Waals surface area contributed by atoms with Crippen molar-refractivity contribution in [3.05, 3.63) is 64.5 Å². The molecule has 0 saturated carbocycles. The van der Waals surface area contributed by atoms with Crippen molar-refractivity contribution in [2.45, 2.75) is 37.8 Å². The van der Waals surface area contributed by atoms with Crippen LogP contribution in [0.4, 0.5) is 17.5 Å². The lowest BCUT2D eigenvalue weighted by molar-refractivity contribution is 0.271. The van der Waals surface area contributed by atoms with Crippen LogP contribution in [-0.4, -0.2) is 41.1 Å². The van der Waals surface area contributed by atoms with Crippen LogP contribution in [0.15, 0.2) is 58.3 Å². The first-order valence-electron chi connectivity index (χ1n) is 9.98. The Labute approximate surface area is 195 Å². The predicted molar refractivity (Wildman–Crippen MR) is 127 cm³/mol. The Bertz CT molecular complexity index is 1160. The molecule has 1 aromatic carbocycles. The van der Waals surface area contributed by atoms with Gasteiger partial charge >= 0.3 is 0 Å². The predicted octanol–water partition coefficient (Wildman–Crippen LogP) is 3.35. The van der Waals surface area contributed by atoms with Crippen molar-refractivity contribution in [2.24, 2.45) is 0 Å². The van der Waals surface area contributed by atoms with E-state index < -0.39 is 10.0 Å². The quantitative estimate of drug-likeness (QED) is 0.320. The van der Waals surface area contributed by atoms with Gasteiger partial charge in [-0.25, -0.2) is 18.1 Å². The van der Waals surface area contributed by atoms with E-state index in [0.29, 0.717) is 27.5 Å². The molecule has 0 spiro atoms. The number of aromatic nitrogens is 3. The van der Waals surface area contributed by atoms with Crippen molar-refractivity contribution in [1.29, 1.82) is 0 Å². The molecular formula is C21H25BrN6O3S. The van der Waals surface area contributed by atoms with Gasteiger partial charge in [0.25, 0.3) is 0 Å². The number of pyridine rings is 1. The van der Waals surface area contributed by atoms with Crippen molar-refractivity contribution in [3.8, 4) is 0 Å². The summed E-state index contributed by atoms with van der Waals surface area (Å²) in [5.74, 6) is 0.820. The number of aliphatic hydroxyl groups excluding tert-OH is 1. The number of benzene rings is 1. The van der Waals surface area contributed by atoms with E-state index in [1.165, 1.54) is 0 Å².